The van der Waals surface area contributed by atoms with E-state index in [1.54, 1.807) is 11.3 Å². The summed E-state index contributed by atoms with van der Waals surface area (Å²) in [5, 5.41) is 11.3. The summed E-state index contributed by atoms with van der Waals surface area (Å²) in [7, 11) is 0. The molecule has 0 atom stereocenters. The van der Waals surface area contributed by atoms with Crippen molar-refractivity contribution in [1.82, 2.24) is 24.4 Å². The molecule has 7 nitrogen and oxygen atoms in total. The lowest BCUT2D eigenvalue weighted by atomic mass is 10.1. The molecule has 2 aromatic carbocycles. The molecule has 0 saturated heterocycles. The third-order valence-electron chi connectivity index (χ3n) is 5.63. The Balaban J connectivity index is 1.42. The fraction of sp³-hybridized carbons (Fsp3) is 0.0714. The van der Waals surface area contributed by atoms with Crippen LogP contribution in [0.2, 0.25) is 0 Å². The number of benzene rings is 2. The normalized spacial score (nSPS) is 12.2. The quantitative estimate of drug-likeness (QED) is 0.288. The standard InChI is InChI=1S/C28H21N5O2S2/c1-2-35-22-12-10-19(11-13-22)26-20(18-32(31-26)21-7-4-3-5-8-21)17-24-27(34)33-28(37-24)29-25(30-33)15-14-23-9-6-16-36-23/h3-18H,2H2,1H3/b15-14+,24-17-. The number of nitrogens with zero attached hydrogens (tertiary/aromatic N) is 5. The fourth-order valence-corrected chi connectivity index (χ4v) is 5.43. The number of para-hydroxylation sites is 1. The molecule has 4 aromatic heterocycles. The van der Waals surface area contributed by atoms with Crippen LogP contribution in [0.15, 0.2) is 83.1 Å². The first kappa shape index (κ1) is 23.1. The molecule has 0 spiro atoms. The molecule has 0 fully saturated rings. The van der Waals surface area contributed by atoms with Crippen molar-refractivity contribution >= 4 is 45.9 Å². The van der Waals surface area contributed by atoms with Crippen LogP contribution in [0.1, 0.15) is 23.2 Å². The predicted octanol–water partition coefficient (Wildman–Crippen LogP) is 5.18. The summed E-state index contributed by atoms with van der Waals surface area (Å²) < 4.78 is 9.33. The molecule has 0 N–H and O–H groups in total. The van der Waals surface area contributed by atoms with E-state index < -0.39 is 0 Å². The van der Waals surface area contributed by atoms with Gasteiger partial charge in [-0.2, -0.15) is 14.6 Å². The van der Waals surface area contributed by atoms with Crippen molar-refractivity contribution in [3.8, 4) is 22.7 Å². The molecule has 0 aliphatic rings. The summed E-state index contributed by atoms with van der Waals surface area (Å²) in [6, 6.07) is 21.7. The molecule has 0 unspecified atom stereocenters. The third-order valence-corrected chi connectivity index (χ3v) is 7.42. The fourth-order valence-electron chi connectivity index (χ4n) is 3.91. The number of hydrogen-bond acceptors (Lipinski definition) is 7. The van der Waals surface area contributed by atoms with E-state index in [1.807, 2.05) is 108 Å². The average Bonchev–Trinajstić information content (AvgIpc) is 3.71. The molecular formula is C28H21N5O2S2. The van der Waals surface area contributed by atoms with E-state index in [1.165, 1.54) is 15.9 Å². The van der Waals surface area contributed by atoms with Crippen molar-refractivity contribution in [3.63, 3.8) is 0 Å². The first-order chi connectivity index (χ1) is 18.2. The Morgan fingerprint density at radius 2 is 1.81 bits per heavy atom. The van der Waals surface area contributed by atoms with Gasteiger partial charge in [0.25, 0.3) is 5.56 Å². The molecule has 6 rings (SSSR count). The van der Waals surface area contributed by atoms with Crippen LogP contribution < -0.4 is 14.8 Å². The smallest absolute Gasteiger partial charge is 0.291 e. The van der Waals surface area contributed by atoms with Gasteiger partial charge in [-0.05, 0) is 73.0 Å². The molecule has 182 valence electrons. The molecule has 0 aliphatic heterocycles. The third kappa shape index (κ3) is 4.74. The number of thiazole rings is 1. The minimum Gasteiger partial charge on any atom is -0.494 e. The summed E-state index contributed by atoms with van der Waals surface area (Å²) >= 11 is 2.95. The zero-order valence-corrected chi connectivity index (χ0v) is 21.4. The highest BCUT2D eigenvalue weighted by atomic mass is 32.1. The highest BCUT2D eigenvalue weighted by Gasteiger charge is 2.14. The summed E-state index contributed by atoms with van der Waals surface area (Å²) in [4.78, 5) is 19.4. The number of thiophene rings is 1. The van der Waals surface area contributed by atoms with E-state index in [-0.39, 0.29) is 5.56 Å². The monoisotopic (exact) mass is 523 g/mol. The molecule has 9 heteroatoms. The van der Waals surface area contributed by atoms with Crippen LogP contribution in [-0.4, -0.2) is 31.0 Å². The van der Waals surface area contributed by atoms with Crippen LogP contribution in [0, 0.1) is 0 Å². The number of ether oxygens (including phenoxy) is 1. The maximum absolute atomic E-state index is 13.2. The Labute approximate surface area is 220 Å². The lowest BCUT2D eigenvalue weighted by Crippen LogP contribution is -2.23. The second kappa shape index (κ2) is 9.96. The van der Waals surface area contributed by atoms with Crippen LogP contribution in [0.4, 0.5) is 0 Å². The SMILES string of the molecule is CCOc1ccc(-c2nn(-c3ccccc3)cc2/C=c2\sc3nc(/C=C/c4cccs4)nn3c2=O)cc1. The van der Waals surface area contributed by atoms with Gasteiger partial charge in [0.2, 0.25) is 4.96 Å². The van der Waals surface area contributed by atoms with Crippen LogP contribution >= 0.6 is 22.7 Å². The summed E-state index contributed by atoms with van der Waals surface area (Å²) in [6.07, 6.45) is 7.57. The van der Waals surface area contributed by atoms with Gasteiger partial charge in [0.15, 0.2) is 5.82 Å². The van der Waals surface area contributed by atoms with E-state index >= 15 is 0 Å². The first-order valence-corrected chi connectivity index (χ1v) is 13.4. The minimum absolute atomic E-state index is 0.201. The number of rotatable bonds is 7. The molecule has 37 heavy (non-hydrogen) atoms. The predicted molar refractivity (Wildman–Crippen MR) is 149 cm³/mol. The zero-order valence-electron chi connectivity index (χ0n) is 19.8. The lowest BCUT2D eigenvalue weighted by Gasteiger charge is -2.04. The van der Waals surface area contributed by atoms with Gasteiger partial charge in [-0.1, -0.05) is 35.6 Å². The number of fused-ring (bicyclic) bond motifs is 1. The van der Waals surface area contributed by atoms with Crippen LogP contribution in [-0.2, 0) is 0 Å². The molecule has 0 saturated carbocycles. The van der Waals surface area contributed by atoms with Crippen LogP contribution in [0.25, 0.3) is 40.1 Å². The Bertz CT molecular complexity index is 1800. The largest absolute Gasteiger partial charge is 0.494 e. The second-order valence-corrected chi connectivity index (χ2v) is 10.1. The van der Waals surface area contributed by atoms with Crippen molar-refractivity contribution in [1.29, 1.82) is 0 Å². The molecule has 0 amide bonds. The van der Waals surface area contributed by atoms with E-state index in [4.69, 9.17) is 9.84 Å². The van der Waals surface area contributed by atoms with Crippen molar-refractivity contribution in [2.45, 2.75) is 6.92 Å². The van der Waals surface area contributed by atoms with Gasteiger partial charge in [0.1, 0.15) is 11.4 Å². The Kier molecular flexibility index (Phi) is 6.21. The van der Waals surface area contributed by atoms with Gasteiger partial charge in [-0.25, -0.2) is 4.68 Å². The van der Waals surface area contributed by atoms with Gasteiger partial charge < -0.3 is 4.74 Å². The van der Waals surface area contributed by atoms with Crippen molar-refractivity contribution in [3.05, 3.63) is 109 Å². The molecule has 0 radical (unpaired) electrons. The number of hydrogen-bond donors (Lipinski definition) is 0. The van der Waals surface area contributed by atoms with Crippen LogP contribution in [0.5, 0.6) is 5.75 Å². The Morgan fingerprint density at radius 3 is 2.54 bits per heavy atom. The molecule has 4 heterocycles. The van der Waals surface area contributed by atoms with Gasteiger partial charge >= 0.3 is 0 Å². The zero-order chi connectivity index (χ0) is 25.2. The lowest BCUT2D eigenvalue weighted by molar-refractivity contribution is 0.340. The van der Waals surface area contributed by atoms with Gasteiger partial charge in [-0.15, -0.1) is 16.4 Å². The highest BCUT2D eigenvalue weighted by Crippen LogP contribution is 2.26. The topological polar surface area (TPSA) is 74.3 Å². The summed E-state index contributed by atoms with van der Waals surface area (Å²) in [5.41, 5.74) is 3.25. The average molecular weight is 524 g/mol. The summed E-state index contributed by atoms with van der Waals surface area (Å²) in [6.45, 7) is 2.56. The van der Waals surface area contributed by atoms with Crippen molar-refractivity contribution in [2.75, 3.05) is 6.61 Å². The first-order valence-electron chi connectivity index (χ1n) is 11.7. The minimum atomic E-state index is -0.201. The van der Waals surface area contributed by atoms with Crippen molar-refractivity contribution in [2.24, 2.45) is 0 Å². The maximum atomic E-state index is 13.2. The number of aromatic nitrogens is 5. The van der Waals surface area contributed by atoms with E-state index in [2.05, 4.69) is 10.1 Å². The van der Waals surface area contributed by atoms with Gasteiger partial charge in [-0.3, -0.25) is 4.79 Å². The summed E-state index contributed by atoms with van der Waals surface area (Å²) in [5.74, 6) is 1.31. The van der Waals surface area contributed by atoms with Crippen LogP contribution in [0.3, 0.4) is 0 Å². The molecule has 0 aliphatic carbocycles. The Morgan fingerprint density at radius 1 is 0.973 bits per heavy atom. The van der Waals surface area contributed by atoms with E-state index in [0.29, 0.717) is 21.9 Å². The molecular weight excluding hydrogens is 502 g/mol. The van der Waals surface area contributed by atoms with Gasteiger partial charge in [0, 0.05) is 22.2 Å². The molecule has 6 aromatic rings. The Hall–Kier alpha value is -4.34. The van der Waals surface area contributed by atoms with Gasteiger partial charge in [0.05, 0.1) is 16.8 Å². The van der Waals surface area contributed by atoms with Crippen molar-refractivity contribution < 1.29 is 4.74 Å². The molecule has 0 bridgehead atoms. The van der Waals surface area contributed by atoms with E-state index in [0.717, 1.165) is 33.1 Å². The highest BCUT2D eigenvalue weighted by molar-refractivity contribution is 7.15. The maximum Gasteiger partial charge on any atom is 0.291 e. The van der Waals surface area contributed by atoms with E-state index in [9.17, 15) is 4.79 Å². The second-order valence-electron chi connectivity index (χ2n) is 8.10.